The Bertz CT molecular complexity index is 902. The van der Waals surface area contributed by atoms with Gasteiger partial charge < -0.3 is 10.1 Å². The molecule has 0 spiro atoms. The molecule has 2 aromatic rings. The van der Waals surface area contributed by atoms with Gasteiger partial charge in [-0.2, -0.15) is 4.31 Å². The van der Waals surface area contributed by atoms with E-state index in [1.165, 1.54) is 10.4 Å². The average molecular weight is 403 g/mol. The quantitative estimate of drug-likeness (QED) is 0.795. The standard InChI is InChI=1S/C21H26N2O4S/c1-2-27-19-12-10-18(11-13-19)22-21(24)17-8-7-9-20(16-17)28(25,26)23-14-5-3-4-6-15-23/h7-13,16H,2-6,14-15H2,1H3,(H,22,24). The Morgan fingerprint density at radius 3 is 2.36 bits per heavy atom. The summed E-state index contributed by atoms with van der Waals surface area (Å²) >= 11 is 0. The van der Waals surface area contributed by atoms with Crippen molar-refractivity contribution in [3.8, 4) is 5.75 Å². The Labute approximate surface area is 166 Å². The van der Waals surface area contributed by atoms with Crippen LogP contribution in [0.4, 0.5) is 5.69 Å². The van der Waals surface area contributed by atoms with E-state index in [-0.39, 0.29) is 10.8 Å². The van der Waals surface area contributed by atoms with Crippen LogP contribution < -0.4 is 10.1 Å². The Morgan fingerprint density at radius 2 is 1.71 bits per heavy atom. The second-order valence-corrected chi connectivity index (χ2v) is 8.70. The second-order valence-electron chi connectivity index (χ2n) is 6.76. The van der Waals surface area contributed by atoms with Crippen molar-refractivity contribution in [2.45, 2.75) is 37.5 Å². The minimum atomic E-state index is -3.59. The number of amides is 1. The zero-order chi connectivity index (χ0) is 20.0. The number of nitrogens with zero attached hydrogens (tertiary/aromatic N) is 1. The number of ether oxygens (including phenoxy) is 1. The summed E-state index contributed by atoms with van der Waals surface area (Å²) in [6.07, 6.45) is 3.85. The molecule has 1 fully saturated rings. The van der Waals surface area contributed by atoms with Crippen molar-refractivity contribution in [2.75, 3.05) is 25.0 Å². The van der Waals surface area contributed by atoms with Crippen molar-refractivity contribution in [2.24, 2.45) is 0 Å². The number of hydrogen-bond donors (Lipinski definition) is 1. The first-order valence-corrected chi connectivity index (χ1v) is 11.1. The molecule has 3 rings (SSSR count). The highest BCUT2D eigenvalue weighted by molar-refractivity contribution is 7.89. The lowest BCUT2D eigenvalue weighted by molar-refractivity contribution is 0.102. The highest BCUT2D eigenvalue weighted by Crippen LogP contribution is 2.22. The van der Waals surface area contributed by atoms with Gasteiger partial charge in [0.2, 0.25) is 10.0 Å². The summed E-state index contributed by atoms with van der Waals surface area (Å²) < 4.78 is 32.8. The fraction of sp³-hybridized carbons (Fsp3) is 0.381. The van der Waals surface area contributed by atoms with E-state index in [4.69, 9.17) is 4.74 Å². The molecule has 2 aromatic carbocycles. The van der Waals surface area contributed by atoms with E-state index in [0.717, 1.165) is 31.4 Å². The number of benzene rings is 2. The van der Waals surface area contributed by atoms with E-state index in [2.05, 4.69) is 5.32 Å². The van der Waals surface area contributed by atoms with Gasteiger partial charge in [0, 0.05) is 24.3 Å². The molecule has 6 nitrogen and oxygen atoms in total. The van der Waals surface area contributed by atoms with Crippen LogP contribution in [-0.4, -0.2) is 38.3 Å². The molecule has 7 heteroatoms. The number of rotatable bonds is 6. The van der Waals surface area contributed by atoms with E-state index >= 15 is 0 Å². The minimum absolute atomic E-state index is 0.161. The van der Waals surface area contributed by atoms with E-state index < -0.39 is 10.0 Å². The zero-order valence-electron chi connectivity index (χ0n) is 16.1. The summed E-state index contributed by atoms with van der Waals surface area (Å²) in [7, 11) is -3.59. The molecule has 1 saturated heterocycles. The van der Waals surface area contributed by atoms with Crippen LogP contribution in [-0.2, 0) is 10.0 Å². The SMILES string of the molecule is CCOc1ccc(NC(=O)c2cccc(S(=O)(=O)N3CCCCCC3)c2)cc1. The summed E-state index contributed by atoms with van der Waals surface area (Å²) in [5.41, 5.74) is 0.930. The Kier molecular flexibility index (Phi) is 6.70. The van der Waals surface area contributed by atoms with Crippen molar-refractivity contribution in [1.29, 1.82) is 0 Å². The molecule has 150 valence electrons. The molecule has 1 heterocycles. The Morgan fingerprint density at radius 1 is 1.04 bits per heavy atom. The van der Waals surface area contributed by atoms with Gasteiger partial charge in [0.1, 0.15) is 5.75 Å². The lowest BCUT2D eigenvalue weighted by Crippen LogP contribution is -2.32. The van der Waals surface area contributed by atoms with Crippen molar-refractivity contribution in [3.05, 3.63) is 54.1 Å². The predicted molar refractivity (Wildman–Crippen MR) is 109 cm³/mol. The molecule has 0 atom stereocenters. The van der Waals surface area contributed by atoms with Gasteiger partial charge in [0.05, 0.1) is 11.5 Å². The lowest BCUT2D eigenvalue weighted by atomic mass is 10.2. The third-order valence-electron chi connectivity index (χ3n) is 4.72. The maximum absolute atomic E-state index is 13.0. The van der Waals surface area contributed by atoms with Crippen molar-refractivity contribution in [3.63, 3.8) is 0 Å². The van der Waals surface area contributed by atoms with Gasteiger partial charge in [-0.3, -0.25) is 4.79 Å². The second kappa shape index (κ2) is 9.21. The first-order valence-electron chi connectivity index (χ1n) is 9.65. The van der Waals surface area contributed by atoms with Crippen molar-refractivity contribution >= 4 is 21.6 Å². The molecule has 0 radical (unpaired) electrons. The van der Waals surface area contributed by atoms with E-state index in [9.17, 15) is 13.2 Å². The summed E-state index contributed by atoms with van der Waals surface area (Å²) in [6, 6.07) is 13.3. The summed E-state index contributed by atoms with van der Waals surface area (Å²) in [6.45, 7) is 3.54. The number of sulfonamides is 1. The fourth-order valence-electron chi connectivity index (χ4n) is 3.23. The molecule has 0 unspecified atom stereocenters. The van der Waals surface area contributed by atoms with Crippen LogP contribution in [0.2, 0.25) is 0 Å². The van der Waals surface area contributed by atoms with Gasteiger partial charge in [-0.15, -0.1) is 0 Å². The molecule has 28 heavy (non-hydrogen) atoms. The largest absolute Gasteiger partial charge is 0.494 e. The van der Waals surface area contributed by atoms with Crippen LogP contribution in [0, 0.1) is 0 Å². The maximum atomic E-state index is 13.0. The smallest absolute Gasteiger partial charge is 0.255 e. The van der Waals surface area contributed by atoms with E-state index in [1.54, 1.807) is 42.5 Å². The van der Waals surface area contributed by atoms with Gasteiger partial charge in [-0.05, 0) is 62.2 Å². The van der Waals surface area contributed by atoms with Crippen molar-refractivity contribution < 1.29 is 17.9 Å². The summed E-state index contributed by atoms with van der Waals surface area (Å²) in [4.78, 5) is 12.7. The minimum Gasteiger partial charge on any atom is -0.494 e. The summed E-state index contributed by atoms with van der Waals surface area (Å²) in [5.74, 6) is 0.378. The lowest BCUT2D eigenvalue weighted by Gasteiger charge is -2.20. The van der Waals surface area contributed by atoms with Crippen LogP contribution in [0.5, 0.6) is 5.75 Å². The van der Waals surface area contributed by atoms with Crippen LogP contribution >= 0.6 is 0 Å². The zero-order valence-corrected chi connectivity index (χ0v) is 16.9. The average Bonchev–Trinajstić information content (AvgIpc) is 3.00. The van der Waals surface area contributed by atoms with Gasteiger partial charge in [0.25, 0.3) is 5.91 Å². The highest BCUT2D eigenvalue weighted by atomic mass is 32.2. The topological polar surface area (TPSA) is 75.7 Å². The number of hydrogen-bond acceptors (Lipinski definition) is 4. The number of nitrogens with one attached hydrogen (secondary N) is 1. The van der Waals surface area contributed by atoms with Crippen LogP contribution in [0.15, 0.2) is 53.4 Å². The molecule has 0 aromatic heterocycles. The Balaban J connectivity index is 1.75. The number of carbonyl (C=O) groups is 1. The van der Waals surface area contributed by atoms with Crippen molar-refractivity contribution in [1.82, 2.24) is 4.31 Å². The predicted octanol–water partition coefficient (Wildman–Crippen LogP) is 3.90. The van der Waals surface area contributed by atoms with Crippen LogP contribution in [0.3, 0.4) is 0 Å². The fourth-order valence-corrected chi connectivity index (χ4v) is 4.80. The van der Waals surface area contributed by atoms with Gasteiger partial charge in [0.15, 0.2) is 0 Å². The van der Waals surface area contributed by atoms with E-state index in [1.807, 2.05) is 6.92 Å². The normalized spacial score (nSPS) is 15.6. The molecular weight excluding hydrogens is 376 g/mol. The van der Waals surface area contributed by atoms with Gasteiger partial charge >= 0.3 is 0 Å². The third-order valence-corrected chi connectivity index (χ3v) is 6.62. The molecule has 1 N–H and O–H groups in total. The molecule has 1 aliphatic rings. The molecule has 1 aliphatic heterocycles. The monoisotopic (exact) mass is 402 g/mol. The van der Waals surface area contributed by atoms with Crippen LogP contribution in [0.1, 0.15) is 43.0 Å². The first kappa shape index (κ1) is 20.4. The number of carbonyl (C=O) groups excluding carboxylic acids is 1. The molecule has 0 bridgehead atoms. The van der Waals surface area contributed by atoms with E-state index in [0.29, 0.717) is 30.9 Å². The van der Waals surface area contributed by atoms with Crippen LogP contribution in [0.25, 0.3) is 0 Å². The number of anilines is 1. The summed E-state index contributed by atoms with van der Waals surface area (Å²) in [5, 5.41) is 2.79. The Hall–Kier alpha value is -2.38. The third kappa shape index (κ3) is 4.91. The first-order chi connectivity index (χ1) is 13.5. The van der Waals surface area contributed by atoms with Gasteiger partial charge in [-0.25, -0.2) is 8.42 Å². The molecule has 0 aliphatic carbocycles. The molecular formula is C21H26N2O4S. The van der Waals surface area contributed by atoms with Gasteiger partial charge in [-0.1, -0.05) is 18.9 Å². The molecule has 0 saturated carbocycles. The molecule has 1 amide bonds. The maximum Gasteiger partial charge on any atom is 0.255 e. The highest BCUT2D eigenvalue weighted by Gasteiger charge is 2.25.